The van der Waals surface area contributed by atoms with Gasteiger partial charge in [0.05, 0.1) is 11.5 Å². The number of aliphatic hydroxyl groups excluding tert-OH is 1. The van der Waals surface area contributed by atoms with Crippen molar-refractivity contribution in [1.29, 1.82) is 0 Å². The molecule has 0 aromatic heterocycles. The van der Waals surface area contributed by atoms with Crippen LogP contribution in [0.15, 0.2) is 30.3 Å². The summed E-state index contributed by atoms with van der Waals surface area (Å²) in [7, 11) is 1.78. The van der Waals surface area contributed by atoms with Gasteiger partial charge in [-0.25, -0.2) is 0 Å². The van der Waals surface area contributed by atoms with E-state index in [9.17, 15) is 9.90 Å². The van der Waals surface area contributed by atoms with Gasteiger partial charge < -0.3 is 10.0 Å². The highest BCUT2D eigenvalue weighted by atomic mass is 16.3. The van der Waals surface area contributed by atoms with Gasteiger partial charge in [-0.15, -0.1) is 0 Å². The monoisotopic (exact) mass is 247 g/mol. The smallest absolute Gasteiger partial charge is 0.233 e. The Balaban J connectivity index is 2.20. The second-order valence-electron chi connectivity index (χ2n) is 5.34. The number of amides is 1. The Bertz CT molecular complexity index is 410. The highest BCUT2D eigenvalue weighted by molar-refractivity contribution is 5.89. The summed E-state index contributed by atoms with van der Waals surface area (Å²) >= 11 is 0. The summed E-state index contributed by atoms with van der Waals surface area (Å²) in [5.74, 6) is 0.140. The van der Waals surface area contributed by atoms with Crippen molar-refractivity contribution >= 4 is 5.91 Å². The molecule has 0 radical (unpaired) electrons. The molecule has 1 aromatic rings. The number of aliphatic hydroxyl groups is 1. The van der Waals surface area contributed by atoms with Crippen LogP contribution in [0.5, 0.6) is 0 Å². The maximum atomic E-state index is 12.6. The van der Waals surface area contributed by atoms with Crippen LogP contribution in [0.25, 0.3) is 0 Å². The number of rotatable bonds is 4. The number of carbonyl (C=O) groups excluding carboxylic acids is 1. The van der Waals surface area contributed by atoms with E-state index < -0.39 is 6.10 Å². The molecule has 0 saturated heterocycles. The lowest BCUT2D eigenvalue weighted by Crippen LogP contribution is -2.51. The average Bonchev–Trinajstić information content (AvgIpc) is 2.28. The van der Waals surface area contributed by atoms with Crippen molar-refractivity contribution in [3.63, 3.8) is 0 Å². The molecule has 1 amide bonds. The van der Waals surface area contributed by atoms with Gasteiger partial charge in [-0.3, -0.25) is 4.79 Å². The molecular weight excluding hydrogens is 226 g/mol. The highest BCUT2D eigenvalue weighted by Crippen LogP contribution is 2.44. The molecule has 1 aliphatic rings. The van der Waals surface area contributed by atoms with E-state index in [-0.39, 0.29) is 11.3 Å². The molecule has 1 atom stereocenters. The maximum absolute atomic E-state index is 12.6. The summed E-state index contributed by atoms with van der Waals surface area (Å²) in [4.78, 5) is 14.3. The van der Waals surface area contributed by atoms with E-state index in [4.69, 9.17) is 0 Å². The first-order valence-electron chi connectivity index (χ1n) is 6.55. The number of hydrogen-bond donors (Lipinski definition) is 1. The summed E-state index contributed by atoms with van der Waals surface area (Å²) in [6.07, 6.45) is 2.45. The number of likely N-dealkylation sites (N-methyl/N-ethyl adjacent to an activating group) is 1. The van der Waals surface area contributed by atoms with Crippen LogP contribution >= 0.6 is 0 Å². The first-order valence-corrected chi connectivity index (χ1v) is 6.55. The number of carbonyl (C=O) groups is 1. The highest BCUT2D eigenvalue weighted by Gasteiger charge is 2.46. The molecule has 1 saturated carbocycles. The van der Waals surface area contributed by atoms with Crippen molar-refractivity contribution in [2.45, 2.75) is 37.7 Å². The van der Waals surface area contributed by atoms with Gasteiger partial charge in [-0.2, -0.15) is 0 Å². The molecule has 1 N–H and O–H groups in total. The minimum absolute atomic E-state index is 0.140. The van der Waals surface area contributed by atoms with Crippen molar-refractivity contribution in [2.24, 2.45) is 0 Å². The van der Waals surface area contributed by atoms with E-state index >= 15 is 0 Å². The predicted octanol–water partition coefficient (Wildman–Crippen LogP) is 1.95. The van der Waals surface area contributed by atoms with Gasteiger partial charge in [0.25, 0.3) is 0 Å². The third-order valence-electron chi connectivity index (χ3n) is 3.83. The summed E-state index contributed by atoms with van der Waals surface area (Å²) in [6.45, 7) is 2.10. The molecule has 1 unspecified atom stereocenters. The van der Waals surface area contributed by atoms with Gasteiger partial charge >= 0.3 is 0 Å². The zero-order chi connectivity index (χ0) is 13.2. The van der Waals surface area contributed by atoms with Gasteiger partial charge in [0.2, 0.25) is 5.91 Å². The Kier molecular flexibility index (Phi) is 3.71. The molecule has 2 rings (SSSR count). The minimum atomic E-state index is -0.480. The van der Waals surface area contributed by atoms with Crippen LogP contribution in [0.2, 0.25) is 0 Å². The third kappa shape index (κ3) is 2.27. The van der Waals surface area contributed by atoms with Crippen LogP contribution in [0.4, 0.5) is 0 Å². The fourth-order valence-electron chi connectivity index (χ4n) is 2.76. The van der Waals surface area contributed by atoms with Crippen LogP contribution < -0.4 is 0 Å². The number of nitrogens with zero attached hydrogens (tertiary/aromatic N) is 1. The number of benzene rings is 1. The summed E-state index contributed by atoms with van der Waals surface area (Å²) in [6, 6.07) is 10.0. The van der Waals surface area contributed by atoms with Crippen LogP contribution in [-0.4, -0.2) is 35.6 Å². The second-order valence-corrected chi connectivity index (χ2v) is 5.34. The van der Waals surface area contributed by atoms with Gasteiger partial charge in [0, 0.05) is 13.6 Å². The Morgan fingerprint density at radius 2 is 2.00 bits per heavy atom. The molecular formula is C15H21NO2. The number of hydrogen-bond acceptors (Lipinski definition) is 2. The molecule has 0 bridgehead atoms. The topological polar surface area (TPSA) is 40.5 Å². The SMILES string of the molecule is CC(O)CN(C)C(=O)C1(c2ccccc2)CCC1. The van der Waals surface area contributed by atoms with Crippen molar-refractivity contribution in [1.82, 2.24) is 4.90 Å². The van der Waals surface area contributed by atoms with Gasteiger partial charge in [-0.05, 0) is 25.3 Å². The second kappa shape index (κ2) is 5.11. The third-order valence-corrected chi connectivity index (χ3v) is 3.83. The van der Waals surface area contributed by atoms with Crippen molar-refractivity contribution in [3.8, 4) is 0 Å². The van der Waals surface area contributed by atoms with Crippen LogP contribution in [0, 0.1) is 0 Å². The molecule has 1 aromatic carbocycles. The van der Waals surface area contributed by atoms with E-state index in [1.807, 2.05) is 30.3 Å². The zero-order valence-electron chi connectivity index (χ0n) is 11.1. The van der Waals surface area contributed by atoms with Gasteiger partial charge in [-0.1, -0.05) is 36.8 Å². The molecule has 3 heteroatoms. The predicted molar refractivity (Wildman–Crippen MR) is 71.3 cm³/mol. The van der Waals surface area contributed by atoms with E-state index in [2.05, 4.69) is 0 Å². The molecule has 98 valence electrons. The van der Waals surface area contributed by atoms with Crippen molar-refractivity contribution in [2.75, 3.05) is 13.6 Å². The van der Waals surface area contributed by atoms with Crippen LogP contribution in [0.1, 0.15) is 31.7 Å². The van der Waals surface area contributed by atoms with E-state index in [1.54, 1.807) is 18.9 Å². The normalized spacial score (nSPS) is 18.8. The quantitative estimate of drug-likeness (QED) is 0.883. The fourth-order valence-corrected chi connectivity index (χ4v) is 2.76. The Labute approximate surface area is 108 Å². The van der Waals surface area contributed by atoms with Crippen LogP contribution in [-0.2, 0) is 10.2 Å². The fraction of sp³-hybridized carbons (Fsp3) is 0.533. The molecule has 0 heterocycles. The van der Waals surface area contributed by atoms with Gasteiger partial charge in [0.1, 0.15) is 0 Å². The van der Waals surface area contributed by atoms with Gasteiger partial charge in [0.15, 0.2) is 0 Å². The average molecular weight is 247 g/mol. The largest absolute Gasteiger partial charge is 0.392 e. The lowest BCUT2D eigenvalue weighted by Gasteiger charge is -2.43. The lowest BCUT2D eigenvalue weighted by molar-refractivity contribution is -0.140. The molecule has 0 aliphatic heterocycles. The Morgan fingerprint density at radius 1 is 1.39 bits per heavy atom. The maximum Gasteiger partial charge on any atom is 0.233 e. The molecule has 18 heavy (non-hydrogen) atoms. The van der Waals surface area contributed by atoms with Crippen molar-refractivity contribution < 1.29 is 9.90 Å². The van der Waals surface area contributed by atoms with Crippen LogP contribution in [0.3, 0.4) is 0 Å². The standard InChI is InChI=1S/C15H21NO2/c1-12(17)11-16(2)14(18)15(9-6-10-15)13-7-4-3-5-8-13/h3-5,7-8,12,17H,6,9-11H2,1-2H3. The first kappa shape index (κ1) is 13.1. The Hall–Kier alpha value is -1.35. The van der Waals surface area contributed by atoms with E-state index in [0.717, 1.165) is 24.8 Å². The Morgan fingerprint density at radius 3 is 2.44 bits per heavy atom. The first-order chi connectivity index (χ1) is 8.56. The summed E-state index contributed by atoms with van der Waals surface area (Å²) < 4.78 is 0. The van der Waals surface area contributed by atoms with E-state index in [0.29, 0.717) is 6.54 Å². The van der Waals surface area contributed by atoms with Crippen molar-refractivity contribution in [3.05, 3.63) is 35.9 Å². The minimum Gasteiger partial charge on any atom is -0.392 e. The molecule has 1 fully saturated rings. The summed E-state index contributed by atoms with van der Waals surface area (Å²) in [5, 5.41) is 9.40. The molecule has 3 nitrogen and oxygen atoms in total. The summed E-state index contributed by atoms with van der Waals surface area (Å²) in [5.41, 5.74) is 0.768. The zero-order valence-corrected chi connectivity index (χ0v) is 11.1. The molecule has 1 aliphatic carbocycles. The lowest BCUT2D eigenvalue weighted by atomic mass is 9.63. The van der Waals surface area contributed by atoms with E-state index in [1.165, 1.54) is 0 Å². The molecule has 0 spiro atoms.